The van der Waals surface area contributed by atoms with Gasteiger partial charge in [-0.1, -0.05) is 13.0 Å². The van der Waals surface area contributed by atoms with E-state index >= 15 is 0 Å². The molecule has 0 fully saturated rings. The summed E-state index contributed by atoms with van der Waals surface area (Å²) in [6, 6.07) is 3.88. The molecule has 3 N–H and O–H groups in total. The van der Waals surface area contributed by atoms with Gasteiger partial charge in [0.1, 0.15) is 5.03 Å². The molecule has 14 heavy (non-hydrogen) atoms. The molecule has 1 rings (SSSR count). The molecule has 0 aliphatic carbocycles. The van der Waals surface area contributed by atoms with Gasteiger partial charge in [0.05, 0.1) is 0 Å². The van der Waals surface area contributed by atoms with Crippen LogP contribution < -0.4 is 5.73 Å². The van der Waals surface area contributed by atoms with Crippen molar-refractivity contribution in [2.24, 2.45) is 5.73 Å². The fourth-order valence-electron chi connectivity index (χ4n) is 1.12. The number of nitrogens with zero attached hydrogens (tertiary/aromatic N) is 1. The molecule has 0 amide bonds. The molecule has 0 spiro atoms. The van der Waals surface area contributed by atoms with Crippen molar-refractivity contribution < 1.29 is 5.11 Å². The molecule has 4 heteroatoms. The minimum Gasteiger partial charge on any atom is -0.396 e. The van der Waals surface area contributed by atoms with Gasteiger partial charge in [-0.3, -0.25) is 0 Å². The summed E-state index contributed by atoms with van der Waals surface area (Å²) in [5.41, 5.74) is 6.67. The standard InChI is InChI=1S/C10H16N2OS/c1-8(4-6-13)14-10-9(7-11)3-2-5-12-10/h2-3,5,8,13H,4,6-7,11H2,1H3. The number of rotatable bonds is 5. The lowest BCUT2D eigenvalue weighted by Crippen LogP contribution is -2.04. The van der Waals surface area contributed by atoms with E-state index in [9.17, 15) is 0 Å². The molecule has 1 atom stereocenters. The van der Waals surface area contributed by atoms with Crippen molar-refractivity contribution >= 4 is 11.8 Å². The number of nitrogens with two attached hydrogens (primary N) is 1. The summed E-state index contributed by atoms with van der Waals surface area (Å²) in [5, 5.41) is 10.1. The Hall–Kier alpha value is -0.580. The van der Waals surface area contributed by atoms with Gasteiger partial charge in [0.2, 0.25) is 0 Å². The lowest BCUT2D eigenvalue weighted by atomic mass is 10.3. The summed E-state index contributed by atoms with van der Waals surface area (Å²) in [7, 11) is 0. The minimum absolute atomic E-state index is 0.221. The highest BCUT2D eigenvalue weighted by Gasteiger charge is 2.07. The molecule has 0 aliphatic heterocycles. The van der Waals surface area contributed by atoms with Gasteiger partial charge in [-0.05, 0) is 18.1 Å². The van der Waals surface area contributed by atoms with Crippen LogP contribution in [0.2, 0.25) is 0 Å². The first-order valence-electron chi connectivity index (χ1n) is 4.69. The van der Waals surface area contributed by atoms with Crippen LogP contribution in [0.1, 0.15) is 18.9 Å². The second kappa shape index (κ2) is 6.01. The van der Waals surface area contributed by atoms with E-state index in [1.165, 1.54) is 0 Å². The first-order valence-corrected chi connectivity index (χ1v) is 5.57. The fraction of sp³-hybridized carbons (Fsp3) is 0.500. The second-order valence-corrected chi connectivity index (χ2v) is 4.54. The van der Waals surface area contributed by atoms with Gasteiger partial charge in [0, 0.05) is 24.6 Å². The Bertz CT molecular complexity index is 281. The lowest BCUT2D eigenvalue weighted by molar-refractivity contribution is 0.289. The van der Waals surface area contributed by atoms with E-state index < -0.39 is 0 Å². The predicted molar refractivity (Wildman–Crippen MR) is 59.2 cm³/mol. The third-order valence-electron chi connectivity index (χ3n) is 1.92. The third-order valence-corrected chi connectivity index (χ3v) is 3.15. The molecule has 3 nitrogen and oxygen atoms in total. The second-order valence-electron chi connectivity index (χ2n) is 3.11. The molecule has 0 bridgehead atoms. The van der Waals surface area contributed by atoms with Crippen molar-refractivity contribution in [2.75, 3.05) is 6.61 Å². The van der Waals surface area contributed by atoms with E-state index in [0.29, 0.717) is 11.8 Å². The van der Waals surface area contributed by atoms with Crippen LogP contribution in [0.3, 0.4) is 0 Å². The average molecular weight is 212 g/mol. The Morgan fingerprint density at radius 1 is 1.64 bits per heavy atom. The summed E-state index contributed by atoms with van der Waals surface area (Å²) in [6.07, 6.45) is 2.55. The minimum atomic E-state index is 0.221. The summed E-state index contributed by atoms with van der Waals surface area (Å²) < 4.78 is 0. The molecule has 0 radical (unpaired) electrons. The number of pyridine rings is 1. The van der Waals surface area contributed by atoms with E-state index in [4.69, 9.17) is 10.8 Å². The maximum absolute atomic E-state index is 8.78. The number of hydrogen-bond donors (Lipinski definition) is 2. The molecule has 1 aromatic heterocycles. The Morgan fingerprint density at radius 2 is 2.43 bits per heavy atom. The van der Waals surface area contributed by atoms with Crippen LogP contribution in [0.4, 0.5) is 0 Å². The highest BCUT2D eigenvalue weighted by Crippen LogP contribution is 2.25. The largest absolute Gasteiger partial charge is 0.396 e. The van der Waals surface area contributed by atoms with E-state index in [1.807, 2.05) is 12.1 Å². The van der Waals surface area contributed by atoms with Gasteiger partial charge >= 0.3 is 0 Å². The van der Waals surface area contributed by atoms with Crippen molar-refractivity contribution in [3.8, 4) is 0 Å². The van der Waals surface area contributed by atoms with Crippen molar-refractivity contribution in [2.45, 2.75) is 30.2 Å². The molecule has 1 unspecified atom stereocenters. The monoisotopic (exact) mass is 212 g/mol. The number of thioether (sulfide) groups is 1. The SMILES string of the molecule is CC(CCO)Sc1ncccc1CN. The number of aliphatic hydroxyl groups is 1. The summed E-state index contributed by atoms with van der Waals surface area (Å²) in [6.45, 7) is 2.82. The lowest BCUT2D eigenvalue weighted by Gasteiger charge is -2.10. The van der Waals surface area contributed by atoms with Crippen LogP contribution in [-0.4, -0.2) is 21.9 Å². The molecular weight excluding hydrogens is 196 g/mol. The molecule has 0 saturated carbocycles. The van der Waals surface area contributed by atoms with Gasteiger partial charge in [0.25, 0.3) is 0 Å². The fourth-order valence-corrected chi connectivity index (χ4v) is 2.15. The van der Waals surface area contributed by atoms with Gasteiger partial charge < -0.3 is 10.8 Å². The summed E-state index contributed by atoms with van der Waals surface area (Å²) in [5.74, 6) is 0. The van der Waals surface area contributed by atoms with E-state index in [2.05, 4.69) is 11.9 Å². The maximum atomic E-state index is 8.78. The molecule has 1 heterocycles. The summed E-state index contributed by atoms with van der Waals surface area (Å²) in [4.78, 5) is 4.27. The van der Waals surface area contributed by atoms with Crippen LogP contribution in [0, 0.1) is 0 Å². The Kier molecular flexibility index (Phi) is 4.93. The normalized spacial score (nSPS) is 12.8. The first-order chi connectivity index (χ1) is 6.77. The van der Waals surface area contributed by atoms with Gasteiger partial charge in [0.15, 0.2) is 0 Å². The van der Waals surface area contributed by atoms with Gasteiger partial charge in [-0.15, -0.1) is 11.8 Å². The molecule has 0 aromatic carbocycles. The molecule has 78 valence electrons. The van der Waals surface area contributed by atoms with E-state index in [0.717, 1.165) is 17.0 Å². The van der Waals surface area contributed by atoms with Crippen LogP contribution in [0.25, 0.3) is 0 Å². The molecule has 1 aromatic rings. The molecule has 0 aliphatic rings. The van der Waals surface area contributed by atoms with Crippen molar-refractivity contribution in [1.82, 2.24) is 4.98 Å². The highest BCUT2D eigenvalue weighted by atomic mass is 32.2. The predicted octanol–water partition coefficient (Wildman–Crippen LogP) is 1.40. The Morgan fingerprint density at radius 3 is 3.07 bits per heavy atom. The van der Waals surface area contributed by atoms with Crippen LogP contribution in [-0.2, 0) is 6.54 Å². The van der Waals surface area contributed by atoms with Gasteiger partial charge in [-0.25, -0.2) is 4.98 Å². The zero-order valence-corrected chi connectivity index (χ0v) is 9.13. The summed E-state index contributed by atoms with van der Waals surface area (Å²) >= 11 is 1.67. The van der Waals surface area contributed by atoms with Crippen molar-refractivity contribution in [1.29, 1.82) is 0 Å². The highest BCUT2D eigenvalue weighted by molar-refractivity contribution is 7.99. The number of aromatic nitrogens is 1. The van der Waals surface area contributed by atoms with Crippen LogP contribution in [0.5, 0.6) is 0 Å². The first kappa shape index (κ1) is 11.5. The Labute approximate surface area is 88.7 Å². The molecule has 0 saturated heterocycles. The number of hydrogen-bond acceptors (Lipinski definition) is 4. The zero-order chi connectivity index (χ0) is 10.4. The average Bonchev–Trinajstić information content (AvgIpc) is 2.19. The van der Waals surface area contributed by atoms with Crippen LogP contribution >= 0.6 is 11.8 Å². The van der Waals surface area contributed by atoms with Crippen LogP contribution in [0.15, 0.2) is 23.4 Å². The van der Waals surface area contributed by atoms with Gasteiger partial charge in [-0.2, -0.15) is 0 Å². The third kappa shape index (κ3) is 3.29. The van der Waals surface area contributed by atoms with Crippen molar-refractivity contribution in [3.05, 3.63) is 23.9 Å². The maximum Gasteiger partial charge on any atom is 0.101 e. The Balaban J connectivity index is 2.65. The number of aliphatic hydroxyl groups excluding tert-OH is 1. The zero-order valence-electron chi connectivity index (χ0n) is 8.31. The van der Waals surface area contributed by atoms with E-state index in [1.54, 1.807) is 18.0 Å². The smallest absolute Gasteiger partial charge is 0.101 e. The van der Waals surface area contributed by atoms with E-state index in [-0.39, 0.29) is 6.61 Å². The molecular formula is C10H16N2OS. The topological polar surface area (TPSA) is 59.1 Å². The van der Waals surface area contributed by atoms with Crippen molar-refractivity contribution in [3.63, 3.8) is 0 Å². The quantitative estimate of drug-likeness (QED) is 0.724.